The van der Waals surface area contributed by atoms with Crippen molar-refractivity contribution in [2.75, 3.05) is 12.4 Å². The molecule has 23 heavy (non-hydrogen) atoms. The van der Waals surface area contributed by atoms with Gasteiger partial charge in [-0.15, -0.1) is 11.3 Å². The molecule has 0 saturated carbocycles. The maximum atomic E-state index is 9.67. The molecular weight excluding hydrogens is 310 g/mol. The largest absolute Gasteiger partial charge is 0.497 e. The fourth-order valence-corrected chi connectivity index (χ4v) is 3.23. The van der Waals surface area contributed by atoms with Crippen LogP contribution in [-0.4, -0.2) is 28.2 Å². The molecule has 0 saturated heterocycles. The maximum Gasteiger partial charge on any atom is 0.183 e. The van der Waals surface area contributed by atoms with E-state index in [0.29, 0.717) is 6.04 Å². The van der Waals surface area contributed by atoms with Gasteiger partial charge in [-0.1, -0.05) is 0 Å². The molecule has 0 aliphatic heterocycles. The number of rotatable bonds is 5. The highest BCUT2D eigenvalue weighted by Gasteiger charge is 2.11. The number of hydrogen-bond donors (Lipinski definition) is 2. The van der Waals surface area contributed by atoms with Crippen molar-refractivity contribution in [3.05, 3.63) is 35.2 Å². The second-order valence-corrected chi connectivity index (χ2v) is 6.40. The van der Waals surface area contributed by atoms with Crippen molar-refractivity contribution in [1.82, 2.24) is 9.97 Å². The third-order valence-electron chi connectivity index (χ3n) is 3.45. The van der Waals surface area contributed by atoms with Gasteiger partial charge in [0.25, 0.3) is 0 Å². The second-order valence-electron chi connectivity index (χ2n) is 5.54. The highest BCUT2D eigenvalue weighted by molar-refractivity contribution is 7.14. The van der Waals surface area contributed by atoms with E-state index in [2.05, 4.69) is 29.1 Å². The maximum absolute atomic E-state index is 9.67. The summed E-state index contributed by atoms with van der Waals surface area (Å²) < 4.78 is 5.26. The zero-order chi connectivity index (χ0) is 16.4. The summed E-state index contributed by atoms with van der Waals surface area (Å²) in [7, 11) is 1.63. The van der Waals surface area contributed by atoms with E-state index in [9.17, 15) is 5.11 Å². The Kier molecular flexibility index (Phi) is 4.45. The number of thiazole rings is 1. The van der Waals surface area contributed by atoms with Crippen LogP contribution in [0.5, 0.6) is 5.75 Å². The number of hydrogen-bond acceptors (Lipinski definition) is 6. The number of benzene rings is 1. The Morgan fingerprint density at radius 1 is 1.22 bits per heavy atom. The lowest BCUT2D eigenvalue weighted by atomic mass is 10.1. The lowest BCUT2D eigenvalue weighted by molar-refractivity contribution is 0.283. The lowest BCUT2D eigenvalue weighted by Crippen LogP contribution is -2.09. The van der Waals surface area contributed by atoms with Gasteiger partial charge in [0.1, 0.15) is 11.4 Å². The van der Waals surface area contributed by atoms with Crippen LogP contribution in [0.1, 0.15) is 19.4 Å². The van der Waals surface area contributed by atoms with Crippen LogP contribution in [0.25, 0.3) is 22.3 Å². The molecule has 0 aliphatic rings. The quantitative estimate of drug-likeness (QED) is 0.747. The number of aliphatic hydroxyl groups is 1. The van der Waals surface area contributed by atoms with Crippen LogP contribution in [0.15, 0.2) is 29.6 Å². The number of anilines is 1. The monoisotopic (exact) mass is 329 g/mol. The SMILES string of the molecule is COc1ccc2c(CO)cc(-c3csc(NC(C)C)n3)nc2c1. The number of fused-ring (bicyclic) bond motifs is 1. The highest BCUT2D eigenvalue weighted by atomic mass is 32.1. The Bertz CT molecular complexity index is 830. The van der Waals surface area contributed by atoms with Crippen LogP contribution in [0.2, 0.25) is 0 Å². The van der Waals surface area contributed by atoms with Crippen LogP contribution in [-0.2, 0) is 6.61 Å². The summed E-state index contributed by atoms with van der Waals surface area (Å²) in [4.78, 5) is 9.26. The number of aliphatic hydroxyl groups excluding tert-OH is 1. The van der Waals surface area contributed by atoms with E-state index < -0.39 is 0 Å². The number of ether oxygens (including phenoxy) is 1. The van der Waals surface area contributed by atoms with E-state index in [-0.39, 0.29) is 6.61 Å². The van der Waals surface area contributed by atoms with Gasteiger partial charge in [-0.05, 0) is 37.6 Å². The molecule has 1 aromatic carbocycles. The van der Waals surface area contributed by atoms with E-state index in [1.807, 2.05) is 29.6 Å². The van der Waals surface area contributed by atoms with Gasteiger partial charge >= 0.3 is 0 Å². The topological polar surface area (TPSA) is 67.3 Å². The number of methoxy groups -OCH3 is 1. The average Bonchev–Trinajstić information content (AvgIpc) is 3.00. The van der Waals surface area contributed by atoms with Crippen molar-refractivity contribution in [3.63, 3.8) is 0 Å². The Morgan fingerprint density at radius 2 is 2.04 bits per heavy atom. The molecule has 3 aromatic rings. The van der Waals surface area contributed by atoms with Gasteiger partial charge in [-0.25, -0.2) is 9.97 Å². The molecule has 0 bridgehead atoms. The van der Waals surface area contributed by atoms with Crippen molar-refractivity contribution in [3.8, 4) is 17.1 Å². The van der Waals surface area contributed by atoms with E-state index in [4.69, 9.17) is 4.74 Å². The first-order valence-electron chi connectivity index (χ1n) is 7.41. The van der Waals surface area contributed by atoms with E-state index in [0.717, 1.165) is 38.7 Å². The van der Waals surface area contributed by atoms with Gasteiger partial charge in [0.2, 0.25) is 0 Å². The molecule has 5 nitrogen and oxygen atoms in total. The number of aromatic nitrogens is 2. The molecule has 2 aromatic heterocycles. The molecule has 2 N–H and O–H groups in total. The van der Waals surface area contributed by atoms with Gasteiger partial charge in [-0.3, -0.25) is 0 Å². The van der Waals surface area contributed by atoms with Crippen LogP contribution < -0.4 is 10.1 Å². The first kappa shape index (κ1) is 15.7. The normalized spacial score (nSPS) is 11.2. The van der Waals surface area contributed by atoms with Crippen molar-refractivity contribution >= 4 is 27.4 Å². The molecule has 0 amide bonds. The van der Waals surface area contributed by atoms with Gasteiger partial charge < -0.3 is 15.2 Å². The molecule has 0 aliphatic carbocycles. The molecule has 0 fully saturated rings. The van der Waals surface area contributed by atoms with Gasteiger partial charge in [0, 0.05) is 22.9 Å². The van der Waals surface area contributed by atoms with Crippen molar-refractivity contribution in [2.45, 2.75) is 26.5 Å². The minimum atomic E-state index is -0.0421. The Morgan fingerprint density at radius 3 is 2.74 bits per heavy atom. The van der Waals surface area contributed by atoms with Crippen LogP contribution >= 0.6 is 11.3 Å². The standard InChI is InChI=1S/C17H19N3O2S/c1-10(2)18-17-20-16(9-23-17)15-6-11(8-21)13-5-4-12(22-3)7-14(13)19-15/h4-7,9-10,21H,8H2,1-3H3,(H,18,20). The smallest absolute Gasteiger partial charge is 0.183 e. The summed E-state index contributed by atoms with van der Waals surface area (Å²) in [6, 6.07) is 7.89. The third-order valence-corrected chi connectivity index (χ3v) is 4.23. The van der Waals surface area contributed by atoms with Gasteiger partial charge in [0.05, 0.1) is 24.9 Å². The van der Waals surface area contributed by atoms with Crippen molar-refractivity contribution in [1.29, 1.82) is 0 Å². The molecular formula is C17H19N3O2S. The zero-order valence-corrected chi connectivity index (χ0v) is 14.1. The molecule has 6 heteroatoms. The summed E-state index contributed by atoms with van der Waals surface area (Å²) >= 11 is 1.55. The zero-order valence-electron chi connectivity index (χ0n) is 13.3. The number of pyridine rings is 1. The third kappa shape index (κ3) is 3.28. The predicted octanol–water partition coefficient (Wildman–Crippen LogP) is 3.68. The second kappa shape index (κ2) is 6.52. The highest BCUT2D eigenvalue weighted by Crippen LogP contribution is 2.29. The van der Waals surface area contributed by atoms with Gasteiger partial charge in [0.15, 0.2) is 5.13 Å². The number of nitrogens with one attached hydrogen (secondary N) is 1. The fourth-order valence-electron chi connectivity index (χ4n) is 2.37. The summed E-state index contributed by atoms with van der Waals surface area (Å²) in [6.07, 6.45) is 0. The molecule has 120 valence electrons. The summed E-state index contributed by atoms with van der Waals surface area (Å²) in [5.41, 5.74) is 3.18. The Balaban J connectivity index is 2.08. The van der Waals surface area contributed by atoms with Crippen LogP contribution in [0, 0.1) is 0 Å². The lowest BCUT2D eigenvalue weighted by Gasteiger charge is -2.08. The molecule has 0 radical (unpaired) electrons. The van der Waals surface area contributed by atoms with E-state index in [1.54, 1.807) is 18.4 Å². The van der Waals surface area contributed by atoms with Crippen LogP contribution in [0.4, 0.5) is 5.13 Å². The molecule has 0 spiro atoms. The Hall–Kier alpha value is -2.18. The predicted molar refractivity (Wildman–Crippen MR) is 94.1 cm³/mol. The minimum Gasteiger partial charge on any atom is -0.497 e. The average molecular weight is 329 g/mol. The van der Waals surface area contributed by atoms with E-state index in [1.165, 1.54) is 0 Å². The fraction of sp³-hybridized carbons (Fsp3) is 0.294. The molecule has 3 rings (SSSR count). The molecule has 0 unspecified atom stereocenters. The molecule has 2 heterocycles. The molecule has 0 atom stereocenters. The first-order valence-corrected chi connectivity index (χ1v) is 8.29. The summed E-state index contributed by atoms with van der Waals surface area (Å²) in [5.74, 6) is 0.742. The van der Waals surface area contributed by atoms with Gasteiger partial charge in [-0.2, -0.15) is 0 Å². The van der Waals surface area contributed by atoms with Crippen LogP contribution in [0.3, 0.4) is 0 Å². The van der Waals surface area contributed by atoms with Crippen molar-refractivity contribution in [2.24, 2.45) is 0 Å². The first-order chi connectivity index (χ1) is 11.1. The van der Waals surface area contributed by atoms with E-state index >= 15 is 0 Å². The minimum absolute atomic E-state index is 0.0421. The summed E-state index contributed by atoms with van der Waals surface area (Å²) in [6.45, 7) is 4.11. The Labute approximate surface area is 139 Å². The summed E-state index contributed by atoms with van der Waals surface area (Å²) in [5, 5.41) is 16.7. The van der Waals surface area contributed by atoms with Crippen molar-refractivity contribution < 1.29 is 9.84 Å². The number of nitrogens with zero attached hydrogens (tertiary/aromatic N) is 2.